The van der Waals surface area contributed by atoms with Gasteiger partial charge in [0.25, 0.3) is 5.91 Å². The molecule has 172 valence electrons. The number of ether oxygens (including phenoxy) is 2. The Morgan fingerprint density at radius 3 is 2.36 bits per heavy atom. The molecule has 1 aliphatic rings. The summed E-state index contributed by atoms with van der Waals surface area (Å²) in [5.74, 6) is 1.84. The van der Waals surface area contributed by atoms with Gasteiger partial charge in [-0.2, -0.15) is 0 Å². The summed E-state index contributed by atoms with van der Waals surface area (Å²) in [4.78, 5) is 14.7. The smallest absolute Gasteiger partial charge is 0.262 e. The number of hydrogen-bond acceptors (Lipinski definition) is 6. The lowest BCUT2D eigenvalue weighted by Gasteiger charge is -2.20. The van der Waals surface area contributed by atoms with Crippen LogP contribution in [0.2, 0.25) is 0 Å². The molecule has 2 aromatic carbocycles. The number of para-hydroxylation sites is 2. The molecule has 0 radical (unpaired) electrons. The minimum Gasteiger partial charge on any atom is -0.490 e. The number of carbonyl (C=O) groups is 1. The van der Waals surface area contributed by atoms with E-state index in [4.69, 9.17) is 9.47 Å². The Morgan fingerprint density at radius 1 is 0.909 bits per heavy atom. The first-order valence-corrected chi connectivity index (χ1v) is 11.6. The van der Waals surface area contributed by atoms with Crippen LogP contribution in [-0.2, 0) is 4.79 Å². The van der Waals surface area contributed by atoms with Crippen molar-refractivity contribution in [2.45, 2.75) is 32.6 Å². The molecule has 1 saturated heterocycles. The molecule has 1 fully saturated rings. The lowest BCUT2D eigenvalue weighted by Crippen LogP contribution is -2.25. The molecule has 0 atom stereocenters. The maximum absolute atomic E-state index is 12.4. The van der Waals surface area contributed by atoms with E-state index in [1.807, 2.05) is 61.5 Å². The molecule has 0 aliphatic carbocycles. The van der Waals surface area contributed by atoms with Gasteiger partial charge in [-0.05, 0) is 56.2 Å². The topological polar surface area (TPSA) is 76.6 Å². The molecule has 4 rings (SSSR count). The van der Waals surface area contributed by atoms with Gasteiger partial charge in [-0.1, -0.05) is 37.1 Å². The number of carbonyl (C=O) groups excluding carboxylic acids is 1. The Bertz CT molecular complexity index is 1050. The third kappa shape index (κ3) is 6.22. The van der Waals surface area contributed by atoms with Crippen molar-refractivity contribution in [3.63, 3.8) is 0 Å². The molecule has 0 bridgehead atoms. The average Bonchev–Trinajstić information content (AvgIpc) is 3.14. The molecular formula is C26H30N4O3. The summed E-state index contributed by atoms with van der Waals surface area (Å²) in [5, 5.41) is 11.8. The highest BCUT2D eigenvalue weighted by atomic mass is 16.5. The second-order valence-corrected chi connectivity index (χ2v) is 7.98. The van der Waals surface area contributed by atoms with Gasteiger partial charge in [0.2, 0.25) is 0 Å². The van der Waals surface area contributed by atoms with Crippen LogP contribution in [-0.4, -0.2) is 42.4 Å². The monoisotopic (exact) mass is 446 g/mol. The van der Waals surface area contributed by atoms with Crippen molar-refractivity contribution in [1.82, 2.24) is 10.2 Å². The van der Waals surface area contributed by atoms with Crippen molar-refractivity contribution in [2.75, 3.05) is 36.5 Å². The van der Waals surface area contributed by atoms with E-state index in [-0.39, 0.29) is 12.5 Å². The molecule has 1 amide bonds. The van der Waals surface area contributed by atoms with E-state index < -0.39 is 0 Å². The van der Waals surface area contributed by atoms with E-state index in [1.54, 1.807) is 6.07 Å². The summed E-state index contributed by atoms with van der Waals surface area (Å²) in [6, 6.07) is 18.9. The van der Waals surface area contributed by atoms with Crippen LogP contribution in [0.1, 0.15) is 32.6 Å². The highest BCUT2D eigenvalue weighted by molar-refractivity contribution is 5.92. The van der Waals surface area contributed by atoms with Crippen LogP contribution in [0.4, 0.5) is 11.5 Å². The van der Waals surface area contributed by atoms with Crippen LogP contribution in [0.3, 0.4) is 0 Å². The van der Waals surface area contributed by atoms with Crippen molar-refractivity contribution in [3.8, 4) is 22.8 Å². The molecule has 2 heterocycles. The lowest BCUT2D eigenvalue weighted by atomic mass is 10.1. The summed E-state index contributed by atoms with van der Waals surface area (Å²) in [6.45, 7) is 4.39. The minimum absolute atomic E-state index is 0.112. The number of benzene rings is 2. The zero-order chi connectivity index (χ0) is 22.9. The zero-order valence-corrected chi connectivity index (χ0v) is 19.0. The SMILES string of the molecule is CCOc1ccccc1OCC(=O)Nc1cccc(-c2ccc(N3CCCCCC3)nn2)c1. The molecule has 0 spiro atoms. The Labute approximate surface area is 194 Å². The van der Waals surface area contributed by atoms with Gasteiger partial charge in [0.1, 0.15) is 0 Å². The number of anilines is 2. The van der Waals surface area contributed by atoms with Crippen LogP contribution in [0.25, 0.3) is 11.3 Å². The van der Waals surface area contributed by atoms with Crippen LogP contribution in [0, 0.1) is 0 Å². The number of hydrogen-bond donors (Lipinski definition) is 1. The quantitative estimate of drug-likeness (QED) is 0.528. The summed E-state index contributed by atoms with van der Waals surface area (Å²) in [6.07, 6.45) is 4.97. The van der Waals surface area contributed by atoms with Crippen molar-refractivity contribution in [3.05, 3.63) is 60.7 Å². The van der Waals surface area contributed by atoms with E-state index in [9.17, 15) is 4.79 Å². The predicted molar refractivity (Wildman–Crippen MR) is 130 cm³/mol. The number of amides is 1. The van der Waals surface area contributed by atoms with Crippen LogP contribution in [0.5, 0.6) is 11.5 Å². The standard InChI is InChI=1S/C26H30N4O3/c1-2-32-23-12-5-6-13-24(23)33-19-26(31)27-21-11-9-10-20(18-21)22-14-15-25(29-28-22)30-16-7-3-4-8-17-30/h5-6,9-15,18H,2-4,7-8,16-17,19H2,1H3,(H,27,31). The highest BCUT2D eigenvalue weighted by Gasteiger charge is 2.13. The van der Waals surface area contributed by atoms with Crippen LogP contribution >= 0.6 is 0 Å². The Hall–Kier alpha value is -3.61. The van der Waals surface area contributed by atoms with Gasteiger partial charge >= 0.3 is 0 Å². The molecule has 1 N–H and O–H groups in total. The summed E-state index contributed by atoms with van der Waals surface area (Å²) in [5.41, 5.74) is 2.34. The predicted octanol–water partition coefficient (Wildman–Crippen LogP) is 4.94. The van der Waals surface area contributed by atoms with Gasteiger partial charge in [0.15, 0.2) is 23.9 Å². The summed E-state index contributed by atoms with van der Waals surface area (Å²) in [7, 11) is 0. The molecule has 1 aromatic heterocycles. The van der Waals surface area contributed by atoms with Crippen molar-refractivity contribution in [1.29, 1.82) is 0 Å². The largest absolute Gasteiger partial charge is 0.490 e. The van der Waals surface area contributed by atoms with Gasteiger partial charge < -0.3 is 19.7 Å². The normalized spacial score (nSPS) is 13.8. The number of nitrogens with one attached hydrogen (secondary N) is 1. The van der Waals surface area contributed by atoms with Crippen molar-refractivity contribution in [2.24, 2.45) is 0 Å². The van der Waals surface area contributed by atoms with Crippen molar-refractivity contribution < 1.29 is 14.3 Å². The molecule has 7 nitrogen and oxygen atoms in total. The highest BCUT2D eigenvalue weighted by Crippen LogP contribution is 2.26. The fourth-order valence-electron chi connectivity index (χ4n) is 3.89. The van der Waals surface area contributed by atoms with Crippen molar-refractivity contribution >= 4 is 17.4 Å². The number of aromatic nitrogens is 2. The van der Waals surface area contributed by atoms with E-state index >= 15 is 0 Å². The van der Waals surface area contributed by atoms with Crippen LogP contribution < -0.4 is 19.7 Å². The van der Waals surface area contributed by atoms with E-state index in [1.165, 1.54) is 25.7 Å². The van der Waals surface area contributed by atoms with Gasteiger partial charge in [-0.25, -0.2) is 0 Å². The fourth-order valence-corrected chi connectivity index (χ4v) is 3.89. The van der Waals surface area contributed by atoms with Gasteiger partial charge in [0, 0.05) is 24.3 Å². The Kier molecular flexibility index (Phi) is 7.74. The maximum atomic E-state index is 12.4. The molecule has 7 heteroatoms. The molecular weight excluding hydrogens is 416 g/mol. The first kappa shape index (κ1) is 22.6. The third-order valence-electron chi connectivity index (χ3n) is 5.53. The van der Waals surface area contributed by atoms with Gasteiger partial charge in [-0.3, -0.25) is 4.79 Å². The zero-order valence-electron chi connectivity index (χ0n) is 19.0. The third-order valence-corrected chi connectivity index (χ3v) is 5.53. The number of nitrogens with zero attached hydrogens (tertiary/aromatic N) is 3. The average molecular weight is 447 g/mol. The van der Waals surface area contributed by atoms with E-state index in [0.717, 1.165) is 30.2 Å². The lowest BCUT2D eigenvalue weighted by molar-refractivity contribution is -0.118. The molecule has 1 aliphatic heterocycles. The first-order chi connectivity index (χ1) is 16.2. The minimum atomic E-state index is -0.249. The van der Waals surface area contributed by atoms with E-state index in [0.29, 0.717) is 23.8 Å². The molecule has 33 heavy (non-hydrogen) atoms. The molecule has 0 saturated carbocycles. The second kappa shape index (κ2) is 11.3. The van der Waals surface area contributed by atoms with Gasteiger partial charge in [-0.15, -0.1) is 10.2 Å². The fraction of sp³-hybridized carbons (Fsp3) is 0.346. The Morgan fingerprint density at radius 2 is 1.67 bits per heavy atom. The molecule has 0 unspecified atom stereocenters. The maximum Gasteiger partial charge on any atom is 0.262 e. The van der Waals surface area contributed by atoms with Crippen LogP contribution in [0.15, 0.2) is 60.7 Å². The Balaban J connectivity index is 1.37. The summed E-state index contributed by atoms with van der Waals surface area (Å²) < 4.78 is 11.2. The molecule has 3 aromatic rings. The van der Waals surface area contributed by atoms with Gasteiger partial charge in [0.05, 0.1) is 12.3 Å². The summed E-state index contributed by atoms with van der Waals surface area (Å²) >= 11 is 0. The first-order valence-electron chi connectivity index (χ1n) is 11.6. The second-order valence-electron chi connectivity index (χ2n) is 7.98. The van der Waals surface area contributed by atoms with E-state index in [2.05, 4.69) is 20.4 Å². The number of rotatable bonds is 8.